The van der Waals surface area contributed by atoms with Crippen LogP contribution in [0.2, 0.25) is 0 Å². The molecule has 0 saturated carbocycles. The minimum atomic E-state index is -3.18. The largest absolute Gasteiger partial charge is 0.496 e. The van der Waals surface area contributed by atoms with Crippen LogP contribution in [0.5, 0.6) is 5.75 Å². The second-order valence-corrected chi connectivity index (χ2v) is 11.6. The number of nitrogens with zero attached hydrogens (tertiary/aromatic N) is 2. The summed E-state index contributed by atoms with van der Waals surface area (Å²) in [7, 11) is 1.51. The van der Waals surface area contributed by atoms with Crippen molar-refractivity contribution in [2.45, 2.75) is 43.7 Å². The monoisotopic (exact) mass is 641 g/mol. The zero-order valence-electron chi connectivity index (χ0n) is 20.9. The number of piperidine rings is 2. The van der Waals surface area contributed by atoms with E-state index in [1.807, 2.05) is 6.07 Å². The SMILES string of the molecule is C=ICC1CN(C(=O)c2cc3c(OC)cccc3[nH]2)[C@H](C(=O)N[C@H](C#N)C[C@@H]2CCCNC2=O)CC1(F)F. The molecule has 0 bridgehead atoms. The van der Waals surface area contributed by atoms with Crippen molar-refractivity contribution in [3.63, 3.8) is 0 Å². The fourth-order valence-corrected chi connectivity index (χ4v) is 6.79. The Balaban J connectivity index is 1.60. The molecule has 4 rings (SSSR count). The Morgan fingerprint density at radius 3 is 2.89 bits per heavy atom. The van der Waals surface area contributed by atoms with Crippen molar-refractivity contribution in [2.75, 3.05) is 24.6 Å². The van der Waals surface area contributed by atoms with Crippen molar-refractivity contribution in [1.82, 2.24) is 20.5 Å². The highest BCUT2D eigenvalue weighted by Gasteiger charge is 2.51. The Kier molecular flexibility index (Phi) is 8.64. The number of aromatic nitrogens is 1. The number of likely N-dealkylation sites (tertiary alicyclic amines) is 1. The van der Waals surface area contributed by atoms with Gasteiger partial charge in [-0.05, 0) is 37.5 Å². The molecule has 1 unspecified atom stereocenters. The average molecular weight is 641 g/mol. The molecule has 204 valence electrons. The first-order chi connectivity index (χ1) is 18.2. The number of H-pyrrole nitrogens is 1. The summed E-state index contributed by atoms with van der Waals surface area (Å²) < 4.78 is 39.6. The van der Waals surface area contributed by atoms with E-state index in [9.17, 15) is 19.6 Å². The van der Waals surface area contributed by atoms with Crippen LogP contribution in [-0.2, 0) is 9.59 Å². The number of methoxy groups -OCH3 is 1. The molecular formula is C26H30F2IN5O4. The van der Waals surface area contributed by atoms with Crippen LogP contribution in [0, 0.1) is 23.2 Å². The summed E-state index contributed by atoms with van der Waals surface area (Å²) in [5, 5.41) is 15.6. The summed E-state index contributed by atoms with van der Waals surface area (Å²) in [6, 6.07) is 6.27. The van der Waals surface area contributed by atoms with Gasteiger partial charge in [-0.1, -0.05) is 10.6 Å². The summed E-state index contributed by atoms with van der Waals surface area (Å²) >= 11 is -0.732. The second kappa shape index (κ2) is 11.8. The molecule has 12 heteroatoms. The quantitative estimate of drug-likeness (QED) is 0.302. The lowest BCUT2D eigenvalue weighted by atomic mass is 9.88. The maximum Gasteiger partial charge on any atom is 0.271 e. The van der Waals surface area contributed by atoms with E-state index in [0.29, 0.717) is 29.6 Å². The molecular weight excluding hydrogens is 611 g/mol. The first kappa shape index (κ1) is 27.9. The lowest BCUT2D eigenvalue weighted by molar-refractivity contribution is -0.143. The zero-order chi connectivity index (χ0) is 27.4. The third kappa shape index (κ3) is 5.82. The van der Waals surface area contributed by atoms with Gasteiger partial charge in [0.05, 0.1) is 13.2 Å². The van der Waals surface area contributed by atoms with Crippen molar-refractivity contribution >= 4 is 53.9 Å². The number of amides is 3. The van der Waals surface area contributed by atoms with E-state index >= 15 is 8.78 Å². The summed E-state index contributed by atoms with van der Waals surface area (Å²) in [6.45, 7) is 0.247. The van der Waals surface area contributed by atoms with Crippen LogP contribution in [0.1, 0.15) is 36.2 Å². The number of benzene rings is 1. The summed E-state index contributed by atoms with van der Waals surface area (Å²) in [5.74, 6) is -5.82. The summed E-state index contributed by atoms with van der Waals surface area (Å²) in [4.78, 5) is 43.3. The predicted octanol–water partition coefficient (Wildman–Crippen LogP) is 2.97. The Morgan fingerprint density at radius 2 is 2.21 bits per heavy atom. The van der Waals surface area contributed by atoms with E-state index in [1.165, 1.54) is 12.0 Å². The second-order valence-electron chi connectivity index (χ2n) is 9.64. The molecule has 2 saturated heterocycles. The number of aromatic amines is 1. The van der Waals surface area contributed by atoms with Gasteiger partial charge < -0.3 is 25.3 Å². The fourth-order valence-electron chi connectivity index (χ4n) is 5.12. The molecule has 38 heavy (non-hydrogen) atoms. The zero-order valence-corrected chi connectivity index (χ0v) is 23.1. The van der Waals surface area contributed by atoms with Gasteiger partial charge in [0.2, 0.25) is 11.8 Å². The molecule has 1 aromatic carbocycles. The Bertz CT molecular complexity index is 1280. The highest BCUT2D eigenvalue weighted by atomic mass is 127. The van der Waals surface area contributed by atoms with Crippen molar-refractivity contribution in [2.24, 2.45) is 11.8 Å². The summed E-state index contributed by atoms with van der Waals surface area (Å²) in [5.41, 5.74) is 0.776. The van der Waals surface area contributed by atoms with Crippen LogP contribution in [0.3, 0.4) is 0 Å². The van der Waals surface area contributed by atoms with Crippen LogP contribution < -0.4 is 15.4 Å². The maximum atomic E-state index is 15.1. The number of carbonyl (C=O) groups excluding carboxylic acids is 3. The van der Waals surface area contributed by atoms with Crippen LogP contribution in [0.15, 0.2) is 24.3 Å². The molecule has 2 aromatic rings. The number of nitrogens with one attached hydrogen (secondary N) is 3. The van der Waals surface area contributed by atoms with Gasteiger partial charge in [-0.25, -0.2) is 8.78 Å². The number of carbonyl (C=O) groups is 3. The molecule has 2 fully saturated rings. The van der Waals surface area contributed by atoms with Gasteiger partial charge in [-0.3, -0.25) is 14.4 Å². The summed E-state index contributed by atoms with van der Waals surface area (Å²) in [6.07, 6.45) is 0.545. The first-order valence-corrected chi connectivity index (χ1v) is 15.4. The minimum absolute atomic E-state index is 0.0709. The lowest BCUT2D eigenvalue weighted by Gasteiger charge is -2.43. The number of nitriles is 1. The molecule has 0 spiro atoms. The fraction of sp³-hybridized carbons (Fsp3) is 0.500. The molecule has 3 heterocycles. The highest BCUT2D eigenvalue weighted by molar-refractivity contribution is 14.2. The van der Waals surface area contributed by atoms with Gasteiger partial charge in [0.15, 0.2) is 0 Å². The number of hydrogen-bond donors (Lipinski definition) is 3. The van der Waals surface area contributed by atoms with E-state index in [-0.39, 0.29) is 29.0 Å². The van der Waals surface area contributed by atoms with E-state index in [4.69, 9.17) is 4.74 Å². The van der Waals surface area contributed by atoms with Crippen LogP contribution >= 0.6 is 20.7 Å². The molecule has 2 aliphatic heterocycles. The van der Waals surface area contributed by atoms with Crippen molar-refractivity contribution < 1.29 is 27.9 Å². The Hall–Kier alpha value is -3.08. The molecule has 9 nitrogen and oxygen atoms in total. The highest BCUT2D eigenvalue weighted by Crippen LogP contribution is 2.39. The van der Waals surface area contributed by atoms with Crippen LogP contribution in [0.4, 0.5) is 8.78 Å². The maximum absolute atomic E-state index is 15.1. The van der Waals surface area contributed by atoms with E-state index < -0.39 is 68.8 Å². The topological polar surface area (TPSA) is 127 Å². The standard InChI is InChI=1S/C26H30F2IN5O4/c1-29-12-16-14-34(25(37)20-10-18-19(33-20)6-3-7-22(18)38-2)21(11-26(16,27)28)24(36)32-17(13-30)9-15-5-4-8-31-23(15)35/h3,6-7,10,15-17,21,33H,1,4-5,8-9,11-12,14H2,2H3,(H,31,35)(H,32,36)/t15-,16?,17-,21-/m0/s1. The van der Waals surface area contributed by atoms with Crippen LogP contribution in [-0.4, -0.2) is 74.8 Å². The normalized spacial score (nSPS) is 23.8. The molecule has 2 aliphatic rings. The third-order valence-electron chi connectivity index (χ3n) is 7.18. The van der Waals surface area contributed by atoms with Gasteiger partial charge in [-0.15, -0.1) is 20.7 Å². The number of fused-ring (bicyclic) bond motifs is 1. The first-order valence-electron chi connectivity index (χ1n) is 12.3. The predicted molar refractivity (Wildman–Crippen MR) is 147 cm³/mol. The van der Waals surface area contributed by atoms with Gasteiger partial charge in [0.1, 0.15) is 23.5 Å². The lowest BCUT2D eigenvalue weighted by Crippen LogP contribution is -2.61. The molecule has 1 aromatic heterocycles. The molecule has 4 atom stereocenters. The Labute approximate surface area is 229 Å². The number of alkyl halides is 3. The van der Waals surface area contributed by atoms with Gasteiger partial charge >= 0.3 is 0 Å². The van der Waals surface area contributed by atoms with E-state index in [0.717, 1.165) is 6.42 Å². The number of ether oxygens (including phenoxy) is 1. The molecule has 3 amide bonds. The molecule has 0 aliphatic carbocycles. The van der Waals surface area contributed by atoms with Gasteiger partial charge in [0, 0.05) is 46.7 Å². The van der Waals surface area contributed by atoms with Crippen LogP contribution in [0.25, 0.3) is 10.9 Å². The van der Waals surface area contributed by atoms with Gasteiger partial charge in [0.25, 0.3) is 11.8 Å². The van der Waals surface area contributed by atoms with Crippen molar-refractivity contribution in [1.29, 1.82) is 5.26 Å². The van der Waals surface area contributed by atoms with Crippen molar-refractivity contribution in [3.8, 4) is 11.8 Å². The van der Waals surface area contributed by atoms with Crippen molar-refractivity contribution in [3.05, 3.63) is 30.0 Å². The number of halogens is 3. The average Bonchev–Trinajstić information content (AvgIpc) is 3.34. The van der Waals surface area contributed by atoms with Gasteiger partial charge in [-0.2, -0.15) is 5.26 Å². The smallest absolute Gasteiger partial charge is 0.271 e. The minimum Gasteiger partial charge on any atom is -0.496 e. The van der Waals surface area contributed by atoms with E-state index in [1.54, 1.807) is 24.3 Å². The number of hydrogen-bond acceptors (Lipinski definition) is 5. The van der Waals surface area contributed by atoms with E-state index in [2.05, 4.69) is 20.1 Å². The number of rotatable bonds is 8. The molecule has 0 radical (unpaired) electrons. The molecule has 3 N–H and O–H groups in total. The Morgan fingerprint density at radius 1 is 1.42 bits per heavy atom. The third-order valence-corrected chi connectivity index (χ3v) is 8.87.